The van der Waals surface area contributed by atoms with Crippen LogP contribution in [-0.2, 0) is 0 Å². The van der Waals surface area contributed by atoms with E-state index in [9.17, 15) is 9.50 Å². The number of phenols is 1. The summed E-state index contributed by atoms with van der Waals surface area (Å²) in [5.74, 6) is -0.253. The second-order valence-corrected chi connectivity index (χ2v) is 5.61. The minimum atomic E-state index is -0.391. The molecule has 5 heteroatoms. The molecule has 0 aromatic heterocycles. The fourth-order valence-electron chi connectivity index (χ4n) is 1.38. The molecule has 2 aromatic carbocycles. The molecule has 0 bridgehead atoms. The van der Waals surface area contributed by atoms with E-state index in [4.69, 9.17) is 0 Å². The van der Waals surface area contributed by atoms with Crippen molar-refractivity contribution in [1.29, 1.82) is 0 Å². The van der Waals surface area contributed by atoms with Gasteiger partial charge in [-0.3, -0.25) is 4.99 Å². The van der Waals surface area contributed by atoms with E-state index in [0.717, 1.165) is 4.47 Å². The maximum Gasteiger partial charge on any atom is 0.148 e. The molecule has 0 fully saturated rings. The third-order valence-corrected chi connectivity index (χ3v) is 3.53. The molecular formula is C13H8BrFINO. The molecule has 1 N–H and O–H groups in total. The van der Waals surface area contributed by atoms with Gasteiger partial charge < -0.3 is 5.11 Å². The lowest BCUT2D eigenvalue weighted by atomic mass is 10.2. The minimum Gasteiger partial charge on any atom is -0.506 e. The van der Waals surface area contributed by atoms with Gasteiger partial charge in [0.15, 0.2) is 0 Å². The lowest BCUT2D eigenvalue weighted by Gasteiger charge is -2.03. The number of para-hydroxylation sites is 1. The van der Waals surface area contributed by atoms with Crippen LogP contribution >= 0.6 is 38.5 Å². The lowest BCUT2D eigenvalue weighted by Crippen LogP contribution is -1.86. The van der Waals surface area contributed by atoms with Crippen LogP contribution in [0.4, 0.5) is 10.1 Å². The van der Waals surface area contributed by atoms with Gasteiger partial charge in [-0.1, -0.05) is 28.1 Å². The standard InChI is InChI=1S/C13H8BrFINO/c14-9-5-8(13(18)11(16)6-9)7-17-12-4-2-1-3-10(12)15/h1-7,18H. The third-order valence-electron chi connectivity index (χ3n) is 2.25. The van der Waals surface area contributed by atoms with Crippen molar-refractivity contribution >= 4 is 50.4 Å². The van der Waals surface area contributed by atoms with E-state index in [0.29, 0.717) is 9.13 Å². The molecule has 0 aliphatic heterocycles. The van der Waals surface area contributed by atoms with Crippen LogP contribution in [-0.4, -0.2) is 11.3 Å². The molecule has 18 heavy (non-hydrogen) atoms. The molecule has 2 aromatic rings. The summed E-state index contributed by atoms with van der Waals surface area (Å²) in [6, 6.07) is 9.75. The van der Waals surface area contributed by atoms with E-state index in [1.807, 2.05) is 22.6 Å². The van der Waals surface area contributed by atoms with Crippen molar-refractivity contribution in [3.63, 3.8) is 0 Å². The van der Waals surface area contributed by atoms with Crippen molar-refractivity contribution < 1.29 is 9.50 Å². The molecule has 92 valence electrons. The average Bonchev–Trinajstić information content (AvgIpc) is 2.33. The molecule has 0 amide bonds. The van der Waals surface area contributed by atoms with Crippen LogP contribution < -0.4 is 0 Å². The number of phenolic OH excluding ortho intramolecular Hbond substituents is 1. The Balaban J connectivity index is 2.38. The number of benzene rings is 2. The van der Waals surface area contributed by atoms with Gasteiger partial charge in [0.2, 0.25) is 0 Å². The fraction of sp³-hybridized carbons (Fsp3) is 0. The summed E-state index contributed by atoms with van der Waals surface area (Å²) in [4.78, 5) is 4.03. The van der Waals surface area contributed by atoms with Crippen molar-refractivity contribution in [3.8, 4) is 5.75 Å². The molecular weight excluding hydrogens is 412 g/mol. The van der Waals surface area contributed by atoms with Gasteiger partial charge in [-0.15, -0.1) is 0 Å². The van der Waals surface area contributed by atoms with Gasteiger partial charge in [0.1, 0.15) is 11.6 Å². The number of hydrogen-bond donors (Lipinski definition) is 1. The lowest BCUT2D eigenvalue weighted by molar-refractivity contribution is 0.470. The van der Waals surface area contributed by atoms with E-state index in [1.54, 1.807) is 30.3 Å². The molecule has 0 spiro atoms. The summed E-state index contributed by atoms with van der Waals surface area (Å²) >= 11 is 5.36. The predicted octanol–water partition coefficient (Wildman–Crippen LogP) is 4.65. The predicted molar refractivity (Wildman–Crippen MR) is 82.2 cm³/mol. The van der Waals surface area contributed by atoms with Crippen LogP contribution in [0, 0.1) is 9.39 Å². The van der Waals surface area contributed by atoms with Crippen LogP contribution in [0.3, 0.4) is 0 Å². The highest BCUT2D eigenvalue weighted by atomic mass is 127. The summed E-state index contributed by atoms with van der Waals surface area (Å²) in [6.45, 7) is 0. The smallest absolute Gasteiger partial charge is 0.148 e. The number of halogens is 3. The quantitative estimate of drug-likeness (QED) is 0.557. The Morgan fingerprint density at radius 3 is 2.72 bits per heavy atom. The van der Waals surface area contributed by atoms with Crippen LogP contribution in [0.2, 0.25) is 0 Å². The molecule has 0 heterocycles. The van der Waals surface area contributed by atoms with Gasteiger partial charge in [-0.05, 0) is 46.9 Å². The highest BCUT2D eigenvalue weighted by Gasteiger charge is 2.05. The highest BCUT2D eigenvalue weighted by molar-refractivity contribution is 14.1. The molecule has 0 atom stereocenters. The normalized spacial score (nSPS) is 11.1. The first kappa shape index (κ1) is 13.5. The maximum absolute atomic E-state index is 13.4. The molecule has 0 saturated heterocycles. The Morgan fingerprint density at radius 1 is 1.28 bits per heavy atom. The summed E-state index contributed by atoms with van der Waals surface area (Å²) in [6.07, 6.45) is 1.45. The number of hydrogen-bond acceptors (Lipinski definition) is 2. The molecule has 0 aliphatic carbocycles. The molecule has 0 saturated carbocycles. The average molecular weight is 420 g/mol. The van der Waals surface area contributed by atoms with Gasteiger partial charge in [0.05, 0.1) is 9.26 Å². The summed E-state index contributed by atoms with van der Waals surface area (Å²) < 4.78 is 14.9. The largest absolute Gasteiger partial charge is 0.506 e. The number of nitrogens with zero attached hydrogens (tertiary/aromatic N) is 1. The fourth-order valence-corrected chi connectivity index (χ4v) is 2.93. The molecule has 2 nitrogen and oxygen atoms in total. The van der Waals surface area contributed by atoms with E-state index in [1.165, 1.54) is 12.3 Å². The Morgan fingerprint density at radius 2 is 2.00 bits per heavy atom. The topological polar surface area (TPSA) is 32.6 Å². The second-order valence-electron chi connectivity index (χ2n) is 3.54. The van der Waals surface area contributed by atoms with Crippen molar-refractivity contribution in [2.45, 2.75) is 0 Å². The molecule has 2 rings (SSSR count). The zero-order chi connectivity index (χ0) is 13.1. The van der Waals surface area contributed by atoms with Crippen LogP contribution in [0.25, 0.3) is 0 Å². The third kappa shape index (κ3) is 3.08. The van der Waals surface area contributed by atoms with Crippen molar-refractivity contribution in [3.05, 3.63) is 55.8 Å². The zero-order valence-electron chi connectivity index (χ0n) is 9.07. The van der Waals surface area contributed by atoms with Crippen molar-refractivity contribution in [2.75, 3.05) is 0 Å². The Labute approximate surface area is 126 Å². The Kier molecular flexibility index (Phi) is 4.34. The number of rotatable bonds is 2. The second kappa shape index (κ2) is 5.79. The highest BCUT2D eigenvalue weighted by Crippen LogP contribution is 2.28. The van der Waals surface area contributed by atoms with Crippen LogP contribution in [0.5, 0.6) is 5.75 Å². The van der Waals surface area contributed by atoms with E-state index in [2.05, 4.69) is 20.9 Å². The maximum atomic E-state index is 13.4. The number of aromatic hydroxyl groups is 1. The summed E-state index contributed by atoms with van der Waals surface area (Å²) in [5, 5.41) is 9.86. The molecule has 0 aliphatic rings. The monoisotopic (exact) mass is 419 g/mol. The number of aliphatic imine (C=N–C) groups is 1. The summed E-state index contributed by atoms with van der Waals surface area (Å²) in [7, 11) is 0. The van der Waals surface area contributed by atoms with E-state index < -0.39 is 5.82 Å². The zero-order valence-corrected chi connectivity index (χ0v) is 12.8. The van der Waals surface area contributed by atoms with E-state index in [-0.39, 0.29) is 11.4 Å². The van der Waals surface area contributed by atoms with Crippen molar-refractivity contribution in [2.24, 2.45) is 4.99 Å². The Hall–Kier alpha value is -0.950. The van der Waals surface area contributed by atoms with Gasteiger partial charge in [0, 0.05) is 16.3 Å². The first-order valence-corrected chi connectivity index (χ1v) is 6.91. The SMILES string of the molecule is Oc1c(I)cc(Br)cc1C=Nc1ccccc1F. The van der Waals surface area contributed by atoms with Crippen LogP contribution in [0.1, 0.15) is 5.56 Å². The van der Waals surface area contributed by atoms with Gasteiger partial charge in [-0.2, -0.15) is 0 Å². The van der Waals surface area contributed by atoms with Gasteiger partial charge >= 0.3 is 0 Å². The first-order chi connectivity index (χ1) is 8.58. The van der Waals surface area contributed by atoms with Gasteiger partial charge in [-0.25, -0.2) is 4.39 Å². The molecule has 0 radical (unpaired) electrons. The first-order valence-electron chi connectivity index (χ1n) is 5.04. The van der Waals surface area contributed by atoms with Gasteiger partial charge in [0.25, 0.3) is 0 Å². The molecule has 0 unspecified atom stereocenters. The van der Waals surface area contributed by atoms with E-state index >= 15 is 0 Å². The van der Waals surface area contributed by atoms with Crippen molar-refractivity contribution in [1.82, 2.24) is 0 Å². The van der Waals surface area contributed by atoms with Crippen LogP contribution in [0.15, 0.2) is 45.9 Å². The summed E-state index contributed by atoms with van der Waals surface area (Å²) in [5.41, 5.74) is 0.781. The Bertz CT molecular complexity index is 616. The minimum absolute atomic E-state index is 0.138.